The van der Waals surface area contributed by atoms with E-state index in [0.717, 1.165) is 4.88 Å². The molecule has 3 aromatic rings. The fourth-order valence-electron chi connectivity index (χ4n) is 2.48. The Morgan fingerprint density at radius 3 is 2.80 bits per heavy atom. The van der Waals surface area contributed by atoms with Gasteiger partial charge in [0.15, 0.2) is 0 Å². The first kappa shape index (κ1) is 17.9. The van der Waals surface area contributed by atoms with Crippen molar-refractivity contribution < 1.29 is 10.2 Å². The van der Waals surface area contributed by atoms with Crippen molar-refractivity contribution in [2.75, 3.05) is 0 Å². The molecule has 25 heavy (non-hydrogen) atoms. The quantitative estimate of drug-likeness (QED) is 0.706. The van der Waals surface area contributed by atoms with Crippen molar-refractivity contribution in [2.45, 2.75) is 38.7 Å². The number of aromatic hydroxyl groups is 1. The molecule has 0 radical (unpaired) electrons. The van der Waals surface area contributed by atoms with Crippen LogP contribution in [0.1, 0.15) is 31.6 Å². The summed E-state index contributed by atoms with van der Waals surface area (Å²) in [5.41, 5.74) is 0.325. The Bertz CT molecular complexity index is 978. The van der Waals surface area contributed by atoms with E-state index in [2.05, 4.69) is 4.98 Å². The molecule has 7 heteroatoms. The van der Waals surface area contributed by atoms with E-state index in [0.29, 0.717) is 35.2 Å². The van der Waals surface area contributed by atoms with Gasteiger partial charge in [0.1, 0.15) is 16.8 Å². The maximum Gasteiger partial charge on any atom is 0.275 e. The normalized spacial score (nSPS) is 13.9. The zero-order valence-electron chi connectivity index (χ0n) is 14.0. The molecule has 0 amide bonds. The highest BCUT2D eigenvalue weighted by Crippen LogP contribution is 2.27. The molecule has 1 atom stereocenters. The van der Waals surface area contributed by atoms with Crippen LogP contribution in [0.3, 0.4) is 0 Å². The van der Waals surface area contributed by atoms with E-state index in [1.165, 1.54) is 34.4 Å². The average Bonchev–Trinajstić information content (AvgIpc) is 3.00. The first-order chi connectivity index (χ1) is 11.8. The number of phenolic OH excluding ortho intramolecular Hbond substituents is 1. The van der Waals surface area contributed by atoms with E-state index in [1.54, 1.807) is 6.07 Å². The predicted octanol–water partition coefficient (Wildman–Crippen LogP) is 3.90. The molecule has 0 saturated carbocycles. The summed E-state index contributed by atoms with van der Waals surface area (Å²) in [7, 11) is 0. The van der Waals surface area contributed by atoms with Gasteiger partial charge in [-0.25, -0.2) is 4.98 Å². The standard InChI is InChI=1S/C18H19ClN2O3S/c1-3-18(2,24)7-6-12-9-14-16(25-12)17(23)21(10-20-14)11-4-5-15(22)13(19)8-11/h4-5,8-10,22,24H,3,6-7H2,1-2H3. The average molecular weight is 379 g/mol. The molecule has 0 fully saturated rings. The van der Waals surface area contributed by atoms with Crippen molar-refractivity contribution in [3.63, 3.8) is 0 Å². The van der Waals surface area contributed by atoms with E-state index in [9.17, 15) is 15.0 Å². The van der Waals surface area contributed by atoms with E-state index in [1.807, 2.05) is 19.9 Å². The highest BCUT2D eigenvalue weighted by Gasteiger charge is 2.18. The number of nitrogens with zero attached hydrogens (tertiary/aromatic N) is 2. The van der Waals surface area contributed by atoms with Crippen LogP contribution in [0.4, 0.5) is 0 Å². The fourth-order valence-corrected chi connectivity index (χ4v) is 3.70. The fraction of sp³-hybridized carbons (Fsp3) is 0.333. The Hall–Kier alpha value is -1.89. The summed E-state index contributed by atoms with van der Waals surface area (Å²) in [6, 6.07) is 6.49. The molecular formula is C18H19ClN2O3S. The van der Waals surface area contributed by atoms with Crippen LogP contribution in [-0.2, 0) is 6.42 Å². The third-order valence-corrected chi connectivity index (χ3v) is 5.84. The Kier molecular flexibility index (Phi) is 4.86. The van der Waals surface area contributed by atoms with Gasteiger partial charge >= 0.3 is 0 Å². The number of hydrogen-bond donors (Lipinski definition) is 2. The van der Waals surface area contributed by atoms with Crippen LogP contribution in [0.25, 0.3) is 15.9 Å². The minimum Gasteiger partial charge on any atom is -0.506 e. The van der Waals surface area contributed by atoms with Crippen LogP contribution in [0.15, 0.2) is 35.4 Å². The van der Waals surface area contributed by atoms with Crippen LogP contribution in [-0.4, -0.2) is 25.4 Å². The van der Waals surface area contributed by atoms with E-state index < -0.39 is 5.60 Å². The van der Waals surface area contributed by atoms with Crippen molar-refractivity contribution >= 4 is 33.2 Å². The molecule has 3 rings (SSSR count). The molecule has 0 saturated heterocycles. The number of rotatable bonds is 5. The third-order valence-electron chi connectivity index (χ3n) is 4.37. The summed E-state index contributed by atoms with van der Waals surface area (Å²) in [6.45, 7) is 3.77. The van der Waals surface area contributed by atoms with Crippen molar-refractivity contribution in [2.24, 2.45) is 0 Å². The van der Waals surface area contributed by atoms with E-state index in [4.69, 9.17) is 11.6 Å². The highest BCUT2D eigenvalue weighted by atomic mass is 35.5. The van der Waals surface area contributed by atoms with Gasteiger partial charge in [-0.2, -0.15) is 0 Å². The summed E-state index contributed by atoms with van der Waals surface area (Å²) in [5, 5.41) is 19.9. The van der Waals surface area contributed by atoms with Crippen LogP contribution >= 0.6 is 22.9 Å². The number of thiophene rings is 1. The second-order valence-electron chi connectivity index (χ2n) is 6.33. The molecule has 5 nitrogen and oxygen atoms in total. The number of fused-ring (bicyclic) bond motifs is 1. The number of halogens is 1. The molecule has 0 spiro atoms. The monoisotopic (exact) mass is 378 g/mol. The van der Waals surface area contributed by atoms with E-state index >= 15 is 0 Å². The van der Waals surface area contributed by atoms with Gasteiger partial charge in [0.2, 0.25) is 0 Å². The van der Waals surface area contributed by atoms with Crippen molar-refractivity contribution in [1.29, 1.82) is 0 Å². The third kappa shape index (κ3) is 3.71. The smallest absolute Gasteiger partial charge is 0.275 e. The van der Waals surface area contributed by atoms with Gasteiger partial charge < -0.3 is 10.2 Å². The maximum absolute atomic E-state index is 12.8. The van der Waals surface area contributed by atoms with Gasteiger partial charge in [-0.05, 0) is 50.5 Å². The van der Waals surface area contributed by atoms with Crippen molar-refractivity contribution in [3.05, 3.63) is 50.8 Å². The molecule has 2 N–H and O–H groups in total. The first-order valence-corrected chi connectivity index (χ1v) is 9.21. The molecule has 0 bridgehead atoms. The van der Waals surface area contributed by atoms with Crippen LogP contribution in [0, 0.1) is 0 Å². The summed E-state index contributed by atoms with van der Waals surface area (Å²) in [6.07, 6.45) is 3.49. The number of aliphatic hydroxyl groups is 1. The summed E-state index contributed by atoms with van der Waals surface area (Å²) < 4.78 is 1.98. The molecule has 132 valence electrons. The summed E-state index contributed by atoms with van der Waals surface area (Å²) >= 11 is 7.33. The Labute approximate surface area is 154 Å². The Morgan fingerprint density at radius 1 is 1.36 bits per heavy atom. The topological polar surface area (TPSA) is 75.3 Å². The van der Waals surface area contributed by atoms with Gasteiger partial charge in [0.05, 0.1) is 21.8 Å². The Balaban J connectivity index is 1.97. The Morgan fingerprint density at radius 2 is 2.12 bits per heavy atom. The van der Waals surface area contributed by atoms with Crippen LogP contribution in [0.5, 0.6) is 5.75 Å². The molecule has 1 unspecified atom stereocenters. The number of phenols is 1. The van der Waals surface area contributed by atoms with Crippen LogP contribution < -0.4 is 5.56 Å². The zero-order chi connectivity index (χ0) is 18.2. The highest BCUT2D eigenvalue weighted by molar-refractivity contribution is 7.18. The lowest BCUT2D eigenvalue weighted by molar-refractivity contribution is 0.0475. The largest absolute Gasteiger partial charge is 0.506 e. The lowest BCUT2D eigenvalue weighted by Gasteiger charge is -2.20. The second-order valence-corrected chi connectivity index (χ2v) is 7.88. The SMILES string of the molecule is CCC(C)(O)CCc1cc2ncn(-c3ccc(O)c(Cl)c3)c(=O)c2s1. The molecule has 0 aliphatic heterocycles. The summed E-state index contributed by atoms with van der Waals surface area (Å²) in [4.78, 5) is 18.2. The maximum atomic E-state index is 12.8. The summed E-state index contributed by atoms with van der Waals surface area (Å²) in [5.74, 6) is -0.0334. The van der Waals surface area contributed by atoms with Gasteiger partial charge in [-0.1, -0.05) is 18.5 Å². The van der Waals surface area contributed by atoms with Crippen molar-refractivity contribution in [1.82, 2.24) is 9.55 Å². The zero-order valence-corrected chi connectivity index (χ0v) is 15.6. The van der Waals surface area contributed by atoms with Crippen molar-refractivity contribution in [3.8, 4) is 11.4 Å². The first-order valence-electron chi connectivity index (χ1n) is 8.02. The molecule has 0 aliphatic rings. The lowest BCUT2D eigenvalue weighted by atomic mass is 9.97. The predicted molar refractivity (Wildman–Crippen MR) is 101 cm³/mol. The minimum atomic E-state index is -0.702. The van der Waals surface area contributed by atoms with Gasteiger partial charge in [-0.15, -0.1) is 11.3 Å². The molecular weight excluding hydrogens is 360 g/mol. The number of aromatic nitrogens is 2. The lowest BCUT2D eigenvalue weighted by Crippen LogP contribution is -2.23. The number of aryl methyl sites for hydroxylation is 1. The van der Waals surface area contributed by atoms with Gasteiger partial charge in [0, 0.05) is 4.88 Å². The van der Waals surface area contributed by atoms with Gasteiger partial charge in [-0.3, -0.25) is 9.36 Å². The number of benzene rings is 1. The minimum absolute atomic E-state index is 0.0334. The van der Waals surface area contributed by atoms with Gasteiger partial charge in [0.25, 0.3) is 5.56 Å². The van der Waals surface area contributed by atoms with E-state index in [-0.39, 0.29) is 16.3 Å². The molecule has 2 heterocycles. The molecule has 1 aromatic carbocycles. The second kappa shape index (κ2) is 6.78. The van der Waals surface area contributed by atoms with Crippen LogP contribution in [0.2, 0.25) is 5.02 Å². The number of hydrogen-bond acceptors (Lipinski definition) is 5. The molecule has 2 aromatic heterocycles. The molecule has 0 aliphatic carbocycles.